The van der Waals surface area contributed by atoms with E-state index in [0.717, 1.165) is 13.0 Å². The summed E-state index contributed by atoms with van der Waals surface area (Å²) in [5.74, 6) is 0.563. The van der Waals surface area contributed by atoms with Crippen LogP contribution >= 0.6 is 0 Å². The van der Waals surface area contributed by atoms with Gasteiger partial charge in [0.2, 0.25) is 0 Å². The SMILES string of the molecule is CC(C)(C)OC(=O)N1CC2CC1C1OC21. The Hall–Kier alpha value is -0.770. The minimum atomic E-state index is -0.400. The number of rotatable bonds is 0. The van der Waals surface area contributed by atoms with Gasteiger partial charge >= 0.3 is 6.09 Å². The molecule has 0 N–H and O–H groups in total. The van der Waals surface area contributed by atoms with Crippen molar-refractivity contribution in [3.63, 3.8) is 0 Å². The molecule has 1 saturated carbocycles. The molecule has 2 saturated heterocycles. The lowest BCUT2D eigenvalue weighted by atomic mass is 10.1. The number of piperidine rings is 1. The summed E-state index contributed by atoms with van der Waals surface area (Å²) in [6.07, 6.45) is 1.70. The number of carbonyl (C=O) groups excluding carboxylic acids is 1. The molecule has 3 aliphatic rings. The number of epoxide rings is 1. The van der Waals surface area contributed by atoms with Crippen molar-refractivity contribution in [3.05, 3.63) is 0 Å². The fourth-order valence-electron chi connectivity index (χ4n) is 2.81. The number of likely N-dealkylation sites (tertiary alicyclic amines) is 1. The van der Waals surface area contributed by atoms with Gasteiger partial charge in [-0.3, -0.25) is 0 Å². The molecule has 4 nitrogen and oxygen atoms in total. The largest absolute Gasteiger partial charge is 0.444 e. The molecule has 84 valence electrons. The Morgan fingerprint density at radius 1 is 1.40 bits per heavy atom. The van der Waals surface area contributed by atoms with Gasteiger partial charge in [-0.1, -0.05) is 0 Å². The second-order valence-corrected chi connectivity index (χ2v) is 5.76. The van der Waals surface area contributed by atoms with E-state index in [-0.39, 0.29) is 12.1 Å². The number of carbonyl (C=O) groups is 1. The maximum absolute atomic E-state index is 11.9. The van der Waals surface area contributed by atoms with E-state index in [0.29, 0.717) is 18.1 Å². The van der Waals surface area contributed by atoms with Crippen molar-refractivity contribution in [2.75, 3.05) is 6.54 Å². The highest BCUT2D eigenvalue weighted by Gasteiger charge is 2.64. The molecule has 0 aromatic rings. The zero-order chi connectivity index (χ0) is 10.8. The maximum Gasteiger partial charge on any atom is 0.410 e. The van der Waals surface area contributed by atoms with E-state index < -0.39 is 5.60 Å². The Balaban J connectivity index is 1.67. The number of ether oxygens (including phenoxy) is 2. The summed E-state index contributed by atoms with van der Waals surface area (Å²) in [5, 5.41) is 0. The summed E-state index contributed by atoms with van der Waals surface area (Å²) >= 11 is 0. The van der Waals surface area contributed by atoms with Crippen LogP contribution in [-0.2, 0) is 9.47 Å². The molecule has 0 spiro atoms. The van der Waals surface area contributed by atoms with E-state index in [1.165, 1.54) is 0 Å². The lowest BCUT2D eigenvalue weighted by molar-refractivity contribution is 0.0196. The molecule has 2 heterocycles. The zero-order valence-corrected chi connectivity index (χ0v) is 9.40. The van der Waals surface area contributed by atoms with Crippen LogP contribution in [0.2, 0.25) is 0 Å². The first-order chi connectivity index (χ1) is 6.96. The maximum atomic E-state index is 11.9. The molecule has 0 aromatic carbocycles. The number of hydrogen-bond acceptors (Lipinski definition) is 3. The monoisotopic (exact) mass is 211 g/mol. The highest BCUT2D eigenvalue weighted by Crippen LogP contribution is 2.50. The van der Waals surface area contributed by atoms with Gasteiger partial charge in [-0.2, -0.15) is 0 Å². The van der Waals surface area contributed by atoms with E-state index >= 15 is 0 Å². The van der Waals surface area contributed by atoms with Crippen molar-refractivity contribution in [3.8, 4) is 0 Å². The molecule has 4 atom stereocenters. The summed E-state index contributed by atoms with van der Waals surface area (Å²) in [6.45, 7) is 6.52. The number of amides is 1. The smallest absolute Gasteiger partial charge is 0.410 e. The highest BCUT2D eigenvalue weighted by molar-refractivity contribution is 5.69. The van der Waals surface area contributed by atoms with Crippen LogP contribution in [0.1, 0.15) is 27.2 Å². The van der Waals surface area contributed by atoms with Gasteiger partial charge in [0.05, 0.1) is 12.1 Å². The molecule has 3 fully saturated rings. The number of fused-ring (bicyclic) bond motifs is 5. The third-order valence-corrected chi connectivity index (χ3v) is 3.41. The zero-order valence-electron chi connectivity index (χ0n) is 9.40. The van der Waals surface area contributed by atoms with Crippen LogP contribution in [0.4, 0.5) is 4.79 Å². The van der Waals surface area contributed by atoms with Crippen LogP contribution in [0.25, 0.3) is 0 Å². The molecule has 2 aliphatic heterocycles. The first kappa shape index (κ1) is 9.46. The molecule has 2 bridgehead atoms. The van der Waals surface area contributed by atoms with Crippen molar-refractivity contribution in [1.82, 2.24) is 4.90 Å². The molecule has 0 aromatic heterocycles. The van der Waals surface area contributed by atoms with E-state index in [1.807, 2.05) is 25.7 Å². The second kappa shape index (κ2) is 2.67. The van der Waals surface area contributed by atoms with Crippen molar-refractivity contribution < 1.29 is 14.3 Å². The van der Waals surface area contributed by atoms with Crippen molar-refractivity contribution in [2.24, 2.45) is 5.92 Å². The molecule has 3 rings (SSSR count). The Labute approximate surface area is 89.5 Å². The molecule has 1 amide bonds. The van der Waals surface area contributed by atoms with Gasteiger partial charge < -0.3 is 14.4 Å². The predicted molar refractivity (Wildman–Crippen MR) is 53.5 cm³/mol. The van der Waals surface area contributed by atoms with Gasteiger partial charge in [-0.25, -0.2) is 4.79 Å². The fourth-order valence-corrected chi connectivity index (χ4v) is 2.81. The lowest BCUT2D eigenvalue weighted by Gasteiger charge is -2.28. The summed E-state index contributed by atoms with van der Waals surface area (Å²) in [5.41, 5.74) is -0.400. The van der Waals surface area contributed by atoms with Crippen LogP contribution < -0.4 is 0 Å². The first-order valence-electron chi connectivity index (χ1n) is 5.61. The summed E-state index contributed by atoms with van der Waals surface area (Å²) < 4.78 is 10.9. The summed E-state index contributed by atoms with van der Waals surface area (Å²) in [6, 6.07) is 0.287. The van der Waals surface area contributed by atoms with Gasteiger partial charge in [-0.15, -0.1) is 0 Å². The van der Waals surface area contributed by atoms with Crippen molar-refractivity contribution >= 4 is 6.09 Å². The van der Waals surface area contributed by atoms with Crippen LogP contribution in [0.3, 0.4) is 0 Å². The number of hydrogen-bond donors (Lipinski definition) is 0. The Bertz CT molecular complexity index is 309. The molecule has 4 unspecified atom stereocenters. The van der Waals surface area contributed by atoms with Gasteiger partial charge in [0, 0.05) is 12.5 Å². The minimum absolute atomic E-state index is 0.177. The van der Waals surface area contributed by atoms with Crippen LogP contribution in [-0.4, -0.2) is 41.4 Å². The third-order valence-electron chi connectivity index (χ3n) is 3.41. The van der Waals surface area contributed by atoms with E-state index in [4.69, 9.17) is 9.47 Å². The van der Waals surface area contributed by atoms with Crippen LogP contribution in [0.15, 0.2) is 0 Å². The van der Waals surface area contributed by atoms with Gasteiger partial charge in [0.25, 0.3) is 0 Å². The van der Waals surface area contributed by atoms with Crippen LogP contribution in [0.5, 0.6) is 0 Å². The molecule has 0 radical (unpaired) electrons. The minimum Gasteiger partial charge on any atom is -0.444 e. The summed E-state index contributed by atoms with van der Waals surface area (Å²) in [4.78, 5) is 13.7. The van der Waals surface area contributed by atoms with E-state index in [9.17, 15) is 4.79 Å². The average molecular weight is 211 g/mol. The number of nitrogens with zero attached hydrogens (tertiary/aromatic N) is 1. The topological polar surface area (TPSA) is 42.1 Å². The molecular weight excluding hydrogens is 194 g/mol. The van der Waals surface area contributed by atoms with Crippen LogP contribution in [0, 0.1) is 5.92 Å². The normalized spacial score (nSPS) is 41.7. The average Bonchev–Trinajstić information content (AvgIpc) is 2.69. The Morgan fingerprint density at radius 2 is 2.13 bits per heavy atom. The predicted octanol–water partition coefficient (Wildman–Crippen LogP) is 1.39. The standard InChI is InChI=1S/C11H17NO3/c1-11(2,3)15-10(13)12-5-6-4-7(12)9-8(6)14-9/h6-9H,4-5H2,1-3H3. The fraction of sp³-hybridized carbons (Fsp3) is 0.909. The van der Waals surface area contributed by atoms with Gasteiger partial charge in [0.15, 0.2) is 0 Å². The van der Waals surface area contributed by atoms with E-state index in [2.05, 4.69) is 0 Å². The van der Waals surface area contributed by atoms with Gasteiger partial charge in [0.1, 0.15) is 11.7 Å². The first-order valence-corrected chi connectivity index (χ1v) is 5.61. The molecule has 1 aliphatic carbocycles. The lowest BCUT2D eigenvalue weighted by Crippen LogP contribution is -2.44. The molecule has 4 heteroatoms. The molecule has 15 heavy (non-hydrogen) atoms. The second-order valence-electron chi connectivity index (χ2n) is 5.76. The Morgan fingerprint density at radius 3 is 2.67 bits per heavy atom. The third kappa shape index (κ3) is 1.42. The van der Waals surface area contributed by atoms with Gasteiger partial charge in [-0.05, 0) is 27.2 Å². The van der Waals surface area contributed by atoms with Crippen molar-refractivity contribution in [1.29, 1.82) is 0 Å². The van der Waals surface area contributed by atoms with E-state index in [1.54, 1.807) is 0 Å². The quantitative estimate of drug-likeness (QED) is 0.569. The highest BCUT2D eigenvalue weighted by atomic mass is 16.6. The molecular formula is C11H17NO3. The summed E-state index contributed by atoms with van der Waals surface area (Å²) in [7, 11) is 0. The van der Waals surface area contributed by atoms with Crippen molar-refractivity contribution in [2.45, 2.75) is 51.0 Å². The Kier molecular flexibility index (Phi) is 1.68.